The molecule has 134 valence electrons. The summed E-state index contributed by atoms with van der Waals surface area (Å²) in [5, 5.41) is 19.9. The first kappa shape index (κ1) is 18.4. The van der Waals surface area contributed by atoms with Crippen LogP contribution in [0.2, 0.25) is 5.02 Å². The molecule has 25 heavy (non-hydrogen) atoms. The molecule has 13 heteroatoms. The van der Waals surface area contributed by atoms with Crippen LogP contribution in [0.15, 0.2) is 21.7 Å². The van der Waals surface area contributed by atoms with Crippen LogP contribution in [0, 0.1) is 15.9 Å². The minimum atomic E-state index is -5.07. The normalized spacial score (nSPS) is 11.6. The Labute approximate surface area is 139 Å². The van der Waals surface area contributed by atoms with Gasteiger partial charge in [-0.2, -0.15) is 13.2 Å². The fraction of sp³-hybridized carbons (Fsp3) is 0.167. The van der Waals surface area contributed by atoms with E-state index in [2.05, 4.69) is 0 Å². The summed E-state index contributed by atoms with van der Waals surface area (Å²) in [5.41, 5.74) is -7.79. The van der Waals surface area contributed by atoms with Crippen molar-refractivity contribution in [1.82, 2.24) is 9.13 Å². The van der Waals surface area contributed by atoms with E-state index in [1.165, 1.54) is 0 Å². The molecule has 1 heterocycles. The molecule has 0 aliphatic carbocycles. The summed E-state index contributed by atoms with van der Waals surface area (Å²) in [6.45, 7) is 0. The second-order valence-electron chi connectivity index (χ2n) is 4.69. The predicted molar refractivity (Wildman–Crippen MR) is 75.6 cm³/mol. The second-order valence-corrected chi connectivity index (χ2v) is 5.09. The highest BCUT2D eigenvalue weighted by molar-refractivity contribution is 6.32. The van der Waals surface area contributed by atoms with Crippen LogP contribution in [-0.4, -0.2) is 19.2 Å². The zero-order valence-corrected chi connectivity index (χ0v) is 12.7. The largest absolute Gasteiger partial charge is 0.501 e. The van der Waals surface area contributed by atoms with Crippen molar-refractivity contribution >= 4 is 17.3 Å². The Morgan fingerprint density at radius 3 is 2.32 bits per heavy atom. The number of hydrogen-bond donors (Lipinski definition) is 1. The molecule has 8 nitrogen and oxygen atoms in total. The Bertz CT molecular complexity index is 1010. The Morgan fingerprint density at radius 1 is 1.28 bits per heavy atom. The van der Waals surface area contributed by atoms with E-state index in [1.807, 2.05) is 0 Å². The lowest BCUT2D eigenvalue weighted by Crippen LogP contribution is -2.41. The Morgan fingerprint density at radius 2 is 1.84 bits per heavy atom. The summed E-state index contributed by atoms with van der Waals surface area (Å²) >= 11 is 5.40. The van der Waals surface area contributed by atoms with Crippen molar-refractivity contribution in [3.05, 3.63) is 59.6 Å². The highest BCUT2D eigenvalue weighted by Crippen LogP contribution is 2.39. The monoisotopic (exact) mass is 383 g/mol. The number of halogens is 5. The van der Waals surface area contributed by atoms with Gasteiger partial charge in [-0.1, -0.05) is 11.6 Å². The van der Waals surface area contributed by atoms with Gasteiger partial charge in [-0.05, 0) is 6.07 Å². The SMILES string of the molecule is Cn1c(C(F)(F)F)cc(=O)n(-c2c(F)cc(Cl)c(O)c2[N+](=O)[O-])c1=O. The van der Waals surface area contributed by atoms with E-state index in [-0.39, 0.29) is 15.2 Å². The van der Waals surface area contributed by atoms with Crippen LogP contribution < -0.4 is 11.2 Å². The van der Waals surface area contributed by atoms with Crippen LogP contribution in [0.1, 0.15) is 5.69 Å². The van der Waals surface area contributed by atoms with E-state index >= 15 is 0 Å². The zero-order chi connectivity index (χ0) is 19.3. The highest BCUT2D eigenvalue weighted by atomic mass is 35.5. The molecule has 0 fully saturated rings. The van der Waals surface area contributed by atoms with Crippen LogP contribution >= 0.6 is 11.6 Å². The molecule has 0 aliphatic heterocycles. The van der Waals surface area contributed by atoms with E-state index in [9.17, 15) is 42.4 Å². The summed E-state index contributed by atoms with van der Waals surface area (Å²) < 4.78 is 52.3. The van der Waals surface area contributed by atoms with Gasteiger partial charge >= 0.3 is 17.6 Å². The molecule has 1 aromatic heterocycles. The van der Waals surface area contributed by atoms with Crippen molar-refractivity contribution < 1.29 is 27.6 Å². The lowest BCUT2D eigenvalue weighted by atomic mass is 10.2. The summed E-state index contributed by atoms with van der Waals surface area (Å²) in [5.74, 6) is -2.81. The number of aromatic hydroxyl groups is 1. The zero-order valence-electron chi connectivity index (χ0n) is 12.0. The van der Waals surface area contributed by atoms with E-state index in [4.69, 9.17) is 11.6 Å². The topological polar surface area (TPSA) is 107 Å². The number of aromatic nitrogens is 2. The third-order valence-electron chi connectivity index (χ3n) is 3.17. The molecule has 2 aromatic rings. The predicted octanol–water partition coefficient (Wildman–Crippen LogP) is 1.96. The third kappa shape index (κ3) is 2.95. The fourth-order valence-corrected chi connectivity index (χ4v) is 2.26. The summed E-state index contributed by atoms with van der Waals surface area (Å²) in [6, 6.07) is 0.346. The van der Waals surface area contributed by atoms with Crippen molar-refractivity contribution in [3.8, 4) is 11.4 Å². The molecule has 0 aliphatic rings. The molecule has 0 bridgehead atoms. The van der Waals surface area contributed by atoms with Gasteiger partial charge in [-0.3, -0.25) is 19.5 Å². The van der Waals surface area contributed by atoms with E-state index < -0.39 is 56.0 Å². The fourth-order valence-electron chi connectivity index (χ4n) is 2.08. The van der Waals surface area contributed by atoms with Crippen LogP contribution in [0.25, 0.3) is 5.69 Å². The Hall–Kier alpha value is -2.89. The van der Waals surface area contributed by atoms with Crippen molar-refractivity contribution in [2.75, 3.05) is 0 Å². The minimum absolute atomic E-state index is 0.0315. The number of phenols is 1. The Kier molecular flexibility index (Phi) is 4.34. The van der Waals surface area contributed by atoms with Gasteiger partial charge in [0, 0.05) is 13.1 Å². The van der Waals surface area contributed by atoms with Crippen LogP contribution in [0.3, 0.4) is 0 Å². The lowest BCUT2D eigenvalue weighted by Gasteiger charge is -2.14. The number of nitrogens with zero attached hydrogens (tertiary/aromatic N) is 3. The third-order valence-corrected chi connectivity index (χ3v) is 3.46. The summed E-state index contributed by atoms with van der Waals surface area (Å²) in [7, 11) is 0.639. The van der Waals surface area contributed by atoms with Gasteiger partial charge in [0.05, 0.1) is 9.95 Å². The molecule has 0 saturated heterocycles. The number of alkyl halides is 3. The molecule has 0 spiro atoms. The number of hydrogen-bond acceptors (Lipinski definition) is 5. The van der Waals surface area contributed by atoms with Crippen molar-refractivity contribution in [2.45, 2.75) is 6.18 Å². The van der Waals surface area contributed by atoms with Gasteiger partial charge in [0.15, 0.2) is 11.5 Å². The maximum absolute atomic E-state index is 14.1. The van der Waals surface area contributed by atoms with Gasteiger partial charge in [0.25, 0.3) is 5.56 Å². The first-order valence-corrected chi connectivity index (χ1v) is 6.51. The van der Waals surface area contributed by atoms with Crippen LogP contribution in [-0.2, 0) is 13.2 Å². The maximum atomic E-state index is 14.1. The van der Waals surface area contributed by atoms with E-state index in [0.717, 1.165) is 0 Å². The number of phenolic OH excluding ortho intramolecular Hbond substituents is 1. The molecule has 1 N–H and O–H groups in total. The molecule has 0 unspecified atom stereocenters. The van der Waals surface area contributed by atoms with Crippen molar-refractivity contribution in [3.63, 3.8) is 0 Å². The van der Waals surface area contributed by atoms with Gasteiger partial charge in [0.2, 0.25) is 5.75 Å². The second kappa shape index (κ2) is 5.88. The molecule has 2 rings (SSSR count). The highest BCUT2D eigenvalue weighted by Gasteiger charge is 2.37. The molecule has 0 atom stereocenters. The first-order valence-electron chi connectivity index (χ1n) is 6.14. The van der Waals surface area contributed by atoms with Gasteiger partial charge in [0.1, 0.15) is 5.69 Å². The number of benzene rings is 1. The first-order chi connectivity index (χ1) is 11.4. The molecule has 0 radical (unpaired) electrons. The minimum Gasteiger partial charge on any atom is -0.501 e. The average Bonchev–Trinajstić information content (AvgIpc) is 2.46. The number of nitro benzene ring substituents is 1. The lowest BCUT2D eigenvalue weighted by molar-refractivity contribution is -0.385. The molecule has 0 amide bonds. The molecular formula is C12H6ClF4N3O5. The molecule has 0 saturated carbocycles. The number of rotatable bonds is 2. The quantitative estimate of drug-likeness (QED) is 0.484. The van der Waals surface area contributed by atoms with E-state index in [0.29, 0.717) is 13.1 Å². The maximum Gasteiger partial charge on any atom is 0.431 e. The average molecular weight is 384 g/mol. The van der Waals surface area contributed by atoms with E-state index in [1.54, 1.807) is 0 Å². The van der Waals surface area contributed by atoms with Gasteiger partial charge < -0.3 is 5.11 Å². The molecule has 1 aromatic carbocycles. The smallest absolute Gasteiger partial charge is 0.431 e. The van der Waals surface area contributed by atoms with Crippen molar-refractivity contribution in [2.24, 2.45) is 7.05 Å². The van der Waals surface area contributed by atoms with Gasteiger partial charge in [-0.15, -0.1) is 0 Å². The van der Waals surface area contributed by atoms with Gasteiger partial charge in [-0.25, -0.2) is 13.8 Å². The molecular weight excluding hydrogens is 378 g/mol. The van der Waals surface area contributed by atoms with Crippen molar-refractivity contribution in [1.29, 1.82) is 0 Å². The Balaban J connectivity index is 3.03. The van der Waals surface area contributed by atoms with Crippen LogP contribution in [0.4, 0.5) is 23.2 Å². The standard InChI is InChI=1S/C12H6ClF4N3O5/c1-18-6(12(15,16)17)3-7(21)19(11(18)23)8-5(14)2-4(13)10(22)9(8)20(24)25/h2-3,22H,1H3. The summed E-state index contributed by atoms with van der Waals surface area (Å²) in [4.78, 5) is 33.8. The van der Waals surface area contributed by atoms with Crippen LogP contribution in [0.5, 0.6) is 5.75 Å². The number of nitro groups is 1. The summed E-state index contributed by atoms with van der Waals surface area (Å²) in [6.07, 6.45) is -5.07.